The maximum atomic E-state index is 14.0. The first-order valence-corrected chi connectivity index (χ1v) is 17.6. The Morgan fingerprint density at radius 2 is 1.20 bits per heavy atom. The summed E-state index contributed by atoms with van der Waals surface area (Å²) in [6.07, 6.45) is 2.08. The van der Waals surface area contributed by atoms with Gasteiger partial charge in [0.05, 0.1) is 11.1 Å². The van der Waals surface area contributed by atoms with Crippen LogP contribution in [0, 0.1) is 0 Å². The summed E-state index contributed by atoms with van der Waals surface area (Å²) in [5.74, 6) is 0.638. The molecule has 0 radical (unpaired) electrons. The predicted octanol–water partition coefficient (Wildman–Crippen LogP) is 9.14. The van der Waals surface area contributed by atoms with Gasteiger partial charge in [0.25, 0.3) is 0 Å². The molecular weight excluding hydrogens is 653 g/mol. The van der Waals surface area contributed by atoms with Crippen molar-refractivity contribution in [2.45, 2.75) is 12.0 Å². The lowest BCUT2D eigenvalue weighted by atomic mass is 9.76. The molecule has 0 saturated carbocycles. The summed E-state index contributed by atoms with van der Waals surface area (Å²) in [6, 6.07) is 55.6. The maximum absolute atomic E-state index is 14.0. The molecule has 0 bridgehead atoms. The second kappa shape index (κ2) is 15.6. The van der Waals surface area contributed by atoms with Crippen LogP contribution in [-0.4, -0.2) is 29.1 Å². The van der Waals surface area contributed by atoms with Crippen LogP contribution in [-0.2, 0) is 16.8 Å². The molecule has 0 unspecified atom stereocenters. The predicted molar refractivity (Wildman–Crippen MR) is 205 cm³/mol. The van der Waals surface area contributed by atoms with Crippen LogP contribution in [0.3, 0.4) is 0 Å². The minimum Gasteiger partial charge on any atom is -0.494 e. The van der Waals surface area contributed by atoms with Crippen molar-refractivity contribution in [2.24, 2.45) is 5.16 Å². The van der Waals surface area contributed by atoms with Gasteiger partial charge in [-0.25, -0.2) is 0 Å². The molecular formula is C44H36N2O4S. The van der Waals surface area contributed by atoms with E-state index >= 15 is 0 Å². The zero-order valence-corrected chi connectivity index (χ0v) is 28.7. The van der Waals surface area contributed by atoms with E-state index in [1.807, 2.05) is 146 Å². The summed E-state index contributed by atoms with van der Waals surface area (Å²) in [4.78, 5) is 19.8. The molecule has 0 fully saturated rings. The van der Waals surface area contributed by atoms with Crippen LogP contribution in [0.5, 0.6) is 11.6 Å². The highest BCUT2D eigenvalue weighted by Gasteiger charge is 2.42. The van der Waals surface area contributed by atoms with Gasteiger partial charge in [0.1, 0.15) is 17.9 Å². The topological polar surface area (TPSA) is 73.1 Å². The lowest BCUT2D eigenvalue weighted by Crippen LogP contribution is -2.42. The van der Waals surface area contributed by atoms with Gasteiger partial charge in [0.2, 0.25) is 5.88 Å². The monoisotopic (exact) mass is 688 g/mol. The van der Waals surface area contributed by atoms with E-state index in [2.05, 4.69) is 29.4 Å². The van der Waals surface area contributed by atoms with Crippen molar-refractivity contribution in [2.75, 3.05) is 13.2 Å². The number of thiazole rings is 1. The molecule has 0 aliphatic heterocycles. The van der Waals surface area contributed by atoms with Crippen molar-refractivity contribution in [3.63, 3.8) is 0 Å². The molecule has 252 valence electrons. The van der Waals surface area contributed by atoms with Gasteiger partial charge < -0.3 is 14.7 Å². The molecule has 1 aromatic heterocycles. The summed E-state index contributed by atoms with van der Waals surface area (Å²) < 4.78 is 7.43. The van der Waals surface area contributed by atoms with Crippen molar-refractivity contribution in [1.82, 2.24) is 4.57 Å². The molecule has 7 aromatic rings. The van der Waals surface area contributed by atoms with Gasteiger partial charge in [-0.05, 0) is 57.1 Å². The quantitative estimate of drug-likeness (QED) is 0.0568. The van der Waals surface area contributed by atoms with Gasteiger partial charge in [-0.15, -0.1) is 0 Å². The molecule has 1 heterocycles. The Balaban J connectivity index is 1.04. The maximum Gasteiger partial charge on any atom is 0.311 e. The zero-order chi connectivity index (χ0) is 34.9. The van der Waals surface area contributed by atoms with Gasteiger partial charge in [0.15, 0.2) is 6.61 Å². The third-order valence-electron chi connectivity index (χ3n) is 8.77. The van der Waals surface area contributed by atoms with E-state index < -0.39 is 5.54 Å². The highest BCUT2D eigenvalue weighted by Crippen LogP contribution is 2.43. The fourth-order valence-corrected chi connectivity index (χ4v) is 7.36. The number of rotatable bonds is 13. The van der Waals surface area contributed by atoms with Crippen molar-refractivity contribution in [3.05, 3.63) is 212 Å². The second-order valence-corrected chi connectivity index (χ2v) is 13.0. The highest BCUT2D eigenvalue weighted by molar-refractivity contribution is 7.09. The van der Waals surface area contributed by atoms with Gasteiger partial charge in [0, 0.05) is 6.42 Å². The average molecular weight is 689 g/mol. The Kier molecular flexibility index (Phi) is 10.2. The van der Waals surface area contributed by atoms with Crippen LogP contribution in [0.25, 0.3) is 11.1 Å². The first-order valence-electron chi connectivity index (χ1n) is 16.8. The third-order valence-corrected chi connectivity index (χ3v) is 9.70. The average Bonchev–Trinajstić information content (AvgIpc) is 3.47. The molecule has 0 aliphatic rings. The Bertz CT molecular complexity index is 2150. The first-order chi connectivity index (χ1) is 25.1. The number of hydrogen-bond donors (Lipinski definition) is 1. The summed E-state index contributed by atoms with van der Waals surface area (Å²) in [6.45, 7) is 0.616. The van der Waals surface area contributed by atoms with Crippen molar-refractivity contribution < 1.29 is 14.7 Å². The molecule has 0 saturated heterocycles. The SMILES string of the molecule is O=c1sc(Cc2ccc(OCCON=Cc3cccc(-c4ccccc4)c3)cc2)c(O)n1C(c1ccccc1)(c1ccccc1)c1ccccc1. The number of aromatic nitrogens is 1. The van der Waals surface area contributed by atoms with Crippen LogP contribution in [0.4, 0.5) is 0 Å². The standard InChI is InChI=1S/C44H36N2O4S/c47-42-41(51-43(48)46(42)44(37-18-7-2-8-19-37,38-20-9-3-10-21-38)39-22-11-4-12-23-39)31-33-24-26-40(27-25-33)49-28-29-50-45-32-34-14-13-17-36(30-34)35-15-5-1-6-16-35/h1-27,30,32,47H,28-29,31H2. The van der Waals surface area contributed by atoms with E-state index in [1.54, 1.807) is 10.8 Å². The van der Waals surface area contributed by atoms with Crippen LogP contribution >= 0.6 is 11.3 Å². The summed E-state index contributed by atoms with van der Waals surface area (Å²) >= 11 is 1.07. The number of benzene rings is 6. The third kappa shape index (κ3) is 7.25. The smallest absolute Gasteiger partial charge is 0.311 e. The lowest BCUT2D eigenvalue weighted by molar-refractivity contribution is 0.108. The molecule has 7 heteroatoms. The van der Waals surface area contributed by atoms with E-state index in [4.69, 9.17) is 9.57 Å². The van der Waals surface area contributed by atoms with E-state index in [1.165, 1.54) is 0 Å². The minimum atomic E-state index is -1.09. The Morgan fingerprint density at radius 1 is 0.647 bits per heavy atom. The van der Waals surface area contributed by atoms with Gasteiger partial charge in [-0.3, -0.25) is 9.36 Å². The molecule has 0 aliphatic carbocycles. The molecule has 0 spiro atoms. The van der Waals surface area contributed by atoms with Gasteiger partial charge in [-0.1, -0.05) is 168 Å². The zero-order valence-electron chi connectivity index (χ0n) is 27.8. The summed E-state index contributed by atoms with van der Waals surface area (Å²) in [7, 11) is 0. The van der Waals surface area contributed by atoms with Crippen molar-refractivity contribution in [3.8, 4) is 22.8 Å². The number of hydrogen-bond acceptors (Lipinski definition) is 6. The number of oxime groups is 1. The molecule has 1 N–H and O–H groups in total. The van der Waals surface area contributed by atoms with Crippen molar-refractivity contribution >= 4 is 17.6 Å². The first kappa shape index (κ1) is 33.3. The Labute approximate surface area is 301 Å². The van der Waals surface area contributed by atoms with Crippen LogP contribution in [0.2, 0.25) is 0 Å². The minimum absolute atomic E-state index is 0.0496. The molecule has 0 amide bonds. The molecule has 7 rings (SSSR count). The summed E-state index contributed by atoms with van der Waals surface area (Å²) in [5, 5.41) is 16.0. The number of aromatic hydroxyl groups is 1. The molecule has 6 nitrogen and oxygen atoms in total. The van der Waals surface area contributed by atoms with E-state index in [0.29, 0.717) is 23.7 Å². The Morgan fingerprint density at radius 3 is 1.78 bits per heavy atom. The van der Waals surface area contributed by atoms with Crippen molar-refractivity contribution in [1.29, 1.82) is 0 Å². The van der Waals surface area contributed by atoms with Gasteiger partial charge in [-0.2, -0.15) is 0 Å². The van der Waals surface area contributed by atoms with E-state index in [0.717, 1.165) is 50.3 Å². The van der Waals surface area contributed by atoms with Gasteiger partial charge >= 0.3 is 4.87 Å². The fourth-order valence-electron chi connectivity index (χ4n) is 6.41. The number of ether oxygens (including phenoxy) is 1. The highest BCUT2D eigenvalue weighted by atomic mass is 32.1. The second-order valence-electron chi connectivity index (χ2n) is 12.0. The van der Waals surface area contributed by atoms with E-state index in [-0.39, 0.29) is 17.4 Å². The molecule has 0 atom stereocenters. The van der Waals surface area contributed by atoms with Crippen LogP contribution in [0.1, 0.15) is 32.7 Å². The molecule has 6 aromatic carbocycles. The summed E-state index contributed by atoms with van der Waals surface area (Å²) in [5.41, 5.74) is 5.69. The molecule has 51 heavy (non-hydrogen) atoms. The van der Waals surface area contributed by atoms with Crippen LogP contribution in [0.15, 0.2) is 180 Å². The fraction of sp³-hybridized carbons (Fsp3) is 0.0909. The normalized spacial score (nSPS) is 11.5. The lowest BCUT2D eigenvalue weighted by Gasteiger charge is -2.37. The van der Waals surface area contributed by atoms with E-state index in [9.17, 15) is 9.90 Å². The Hall–Kier alpha value is -6.18. The number of nitrogens with zero attached hydrogens (tertiary/aromatic N) is 2. The largest absolute Gasteiger partial charge is 0.494 e. The van der Waals surface area contributed by atoms with Crippen LogP contribution < -0.4 is 9.61 Å².